The highest BCUT2D eigenvalue weighted by Crippen LogP contribution is 2.22. The fraction of sp³-hybridized carbons (Fsp3) is 0.222. The molecule has 74 valence electrons. The third-order valence-electron chi connectivity index (χ3n) is 1.55. The van der Waals surface area contributed by atoms with Gasteiger partial charge in [-0.3, -0.25) is 4.21 Å². The first kappa shape index (κ1) is 10.7. The molecule has 0 bridgehead atoms. The lowest BCUT2D eigenvalue weighted by Gasteiger charge is -2.11. The second-order valence-corrected chi connectivity index (χ2v) is 3.35. The van der Waals surface area contributed by atoms with Gasteiger partial charge in [0.25, 0.3) is 0 Å². The van der Waals surface area contributed by atoms with E-state index in [4.69, 9.17) is 10.00 Å². The second kappa shape index (κ2) is 4.74. The first-order valence-electron chi connectivity index (χ1n) is 3.95. The van der Waals surface area contributed by atoms with E-state index in [-0.39, 0.29) is 10.6 Å². The lowest BCUT2D eigenvalue weighted by molar-refractivity contribution is 0.330. The summed E-state index contributed by atoms with van der Waals surface area (Å²) >= 11 is -2.34. The van der Waals surface area contributed by atoms with Crippen molar-refractivity contribution in [2.45, 2.75) is 11.8 Å². The van der Waals surface area contributed by atoms with Crippen molar-refractivity contribution in [3.05, 3.63) is 23.8 Å². The molecule has 0 aliphatic carbocycles. The molecule has 0 saturated carbocycles. The van der Waals surface area contributed by atoms with E-state index in [1.807, 2.05) is 6.07 Å². The molecule has 0 heterocycles. The van der Waals surface area contributed by atoms with E-state index in [2.05, 4.69) is 0 Å². The van der Waals surface area contributed by atoms with E-state index in [0.717, 1.165) is 0 Å². The molecule has 4 nitrogen and oxygen atoms in total. The molecule has 0 spiro atoms. The van der Waals surface area contributed by atoms with Gasteiger partial charge in [0.1, 0.15) is 5.75 Å². The topological polar surface area (TPSA) is 73.1 Å². The molecule has 14 heavy (non-hydrogen) atoms. The zero-order chi connectivity index (χ0) is 10.6. The van der Waals surface area contributed by atoms with Gasteiger partial charge < -0.3 is 9.29 Å². The van der Waals surface area contributed by atoms with Crippen LogP contribution in [0.1, 0.15) is 12.5 Å². The zero-order valence-corrected chi connectivity index (χ0v) is 8.34. The Morgan fingerprint density at radius 3 is 2.86 bits per heavy atom. The van der Waals surface area contributed by atoms with Gasteiger partial charge in [-0.2, -0.15) is 5.26 Å². The quantitative estimate of drug-likeness (QED) is 0.702. The van der Waals surface area contributed by atoms with Crippen molar-refractivity contribution in [3.63, 3.8) is 0 Å². The van der Waals surface area contributed by atoms with Crippen LogP contribution >= 0.6 is 0 Å². The van der Waals surface area contributed by atoms with E-state index in [1.54, 1.807) is 6.92 Å². The Balaban J connectivity index is 3.18. The Kier molecular flexibility index (Phi) is 3.63. The third kappa shape index (κ3) is 2.31. The number of benzene rings is 1. The van der Waals surface area contributed by atoms with Crippen LogP contribution in [0, 0.1) is 11.3 Å². The van der Waals surface area contributed by atoms with Crippen LogP contribution in [-0.2, 0) is 11.1 Å². The Morgan fingerprint density at radius 2 is 2.36 bits per heavy atom. The summed E-state index contributed by atoms with van der Waals surface area (Å²) in [6.07, 6.45) is 0. The highest BCUT2D eigenvalue weighted by Gasteiger charge is 2.04. The van der Waals surface area contributed by atoms with Crippen LogP contribution in [0.2, 0.25) is 0 Å². The molecule has 0 aliphatic heterocycles. The van der Waals surface area contributed by atoms with Crippen LogP contribution in [0.25, 0.3) is 0 Å². The molecule has 0 radical (unpaired) electrons. The molecule has 0 amide bonds. The Labute approximate surface area is 84.4 Å². The van der Waals surface area contributed by atoms with E-state index in [1.165, 1.54) is 18.2 Å². The van der Waals surface area contributed by atoms with Gasteiger partial charge in [0.15, 0.2) is 0 Å². The Bertz CT molecular complexity index is 398. The smallest absolute Gasteiger partial charge is 0.135 e. The van der Waals surface area contributed by atoms with Crippen molar-refractivity contribution in [3.8, 4) is 11.8 Å². The van der Waals surface area contributed by atoms with Crippen molar-refractivity contribution in [1.29, 1.82) is 5.26 Å². The van der Waals surface area contributed by atoms with E-state index < -0.39 is 11.1 Å². The van der Waals surface area contributed by atoms with Crippen LogP contribution in [0.3, 0.4) is 0 Å². The number of rotatable bonds is 3. The van der Waals surface area contributed by atoms with Crippen molar-refractivity contribution in [1.82, 2.24) is 0 Å². The van der Waals surface area contributed by atoms with Gasteiger partial charge in [-0.1, -0.05) is 0 Å². The minimum absolute atomic E-state index is 0.0749. The van der Waals surface area contributed by atoms with Gasteiger partial charge in [-0.05, 0) is 36.2 Å². The van der Waals surface area contributed by atoms with Gasteiger partial charge in [-0.15, -0.1) is 0 Å². The van der Waals surface area contributed by atoms with Crippen LogP contribution in [-0.4, -0.2) is 15.4 Å². The highest BCUT2D eigenvalue weighted by atomic mass is 32.2. The van der Waals surface area contributed by atoms with Gasteiger partial charge in [0.2, 0.25) is 0 Å². The molecule has 0 aromatic heterocycles. The number of nitrogens with zero attached hydrogens (tertiary/aromatic N) is 1. The molecular weight excluding hydrogens is 202 g/mol. The zero-order valence-electron chi connectivity index (χ0n) is 7.52. The normalized spacial score (nSPS) is 11.8. The van der Waals surface area contributed by atoms with E-state index in [9.17, 15) is 8.76 Å². The van der Waals surface area contributed by atoms with E-state index >= 15 is 0 Å². The summed E-state index contributed by atoms with van der Waals surface area (Å²) in [5.41, 5.74) is 0.377. The summed E-state index contributed by atoms with van der Waals surface area (Å²) in [7, 11) is 0. The fourth-order valence-corrected chi connectivity index (χ4v) is 1.44. The molecule has 0 aliphatic rings. The second-order valence-electron chi connectivity index (χ2n) is 2.44. The molecule has 0 saturated heterocycles. The summed E-state index contributed by atoms with van der Waals surface area (Å²) in [4.78, 5) is 0.0749. The molecular formula is C9H8NO3S-. The van der Waals surface area contributed by atoms with Crippen molar-refractivity contribution >= 4 is 11.1 Å². The third-order valence-corrected chi connectivity index (χ3v) is 2.25. The first-order valence-corrected chi connectivity index (χ1v) is 5.02. The predicted octanol–water partition coefficient (Wildman–Crippen LogP) is 1.19. The first-order chi connectivity index (χ1) is 6.69. The van der Waals surface area contributed by atoms with Crippen molar-refractivity contribution in [2.75, 3.05) is 6.61 Å². The minimum Gasteiger partial charge on any atom is -0.768 e. The SMILES string of the molecule is CCOc1cc(C#N)ccc1S(=O)[O-]. The number of hydrogen-bond donors (Lipinski definition) is 0. The summed E-state index contributed by atoms with van der Waals surface area (Å²) in [5, 5.41) is 8.60. The van der Waals surface area contributed by atoms with Crippen molar-refractivity contribution < 1.29 is 13.5 Å². The lowest BCUT2D eigenvalue weighted by atomic mass is 10.2. The summed E-state index contributed by atoms with van der Waals surface area (Å²) in [6.45, 7) is 2.11. The molecule has 1 aromatic rings. The average molecular weight is 210 g/mol. The van der Waals surface area contributed by atoms with Crippen LogP contribution < -0.4 is 4.74 Å². The molecule has 1 unspecified atom stereocenters. The minimum atomic E-state index is -2.34. The Morgan fingerprint density at radius 1 is 1.64 bits per heavy atom. The number of ether oxygens (including phenoxy) is 1. The van der Waals surface area contributed by atoms with Gasteiger partial charge in [0.05, 0.1) is 23.1 Å². The predicted molar refractivity (Wildman–Crippen MR) is 49.5 cm³/mol. The van der Waals surface area contributed by atoms with E-state index in [0.29, 0.717) is 12.2 Å². The van der Waals surface area contributed by atoms with Crippen LogP contribution in [0.4, 0.5) is 0 Å². The van der Waals surface area contributed by atoms with Gasteiger partial charge >= 0.3 is 0 Å². The molecule has 0 fully saturated rings. The summed E-state index contributed by atoms with van der Waals surface area (Å²) in [6, 6.07) is 6.11. The maximum atomic E-state index is 10.7. The number of nitriles is 1. The molecule has 5 heteroatoms. The lowest BCUT2D eigenvalue weighted by Crippen LogP contribution is -1.98. The van der Waals surface area contributed by atoms with Crippen LogP contribution in [0.5, 0.6) is 5.75 Å². The maximum Gasteiger partial charge on any atom is 0.135 e. The standard InChI is InChI=1S/C9H9NO3S/c1-2-13-8-5-7(6-10)3-4-9(8)14(11)12/h3-5H,2H2,1H3,(H,11,12)/p-1. The number of hydrogen-bond acceptors (Lipinski definition) is 4. The van der Waals surface area contributed by atoms with Gasteiger partial charge in [0, 0.05) is 0 Å². The van der Waals surface area contributed by atoms with Crippen molar-refractivity contribution in [2.24, 2.45) is 0 Å². The molecule has 1 atom stereocenters. The maximum absolute atomic E-state index is 10.7. The summed E-state index contributed by atoms with van der Waals surface area (Å²) < 4.78 is 26.6. The average Bonchev–Trinajstić information content (AvgIpc) is 2.17. The molecule has 0 N–H and O–H groups in total. The van der Waals surface area contributed by atoms with Gasteiger partial charge in [-0.25, -0.2) is 0 Å². The molecule has 1 rings (SSSR count). The summed E-state index contributed by atoms with van der Waals surface area (Å²) in [5.74, 6) is 0.222. The fourth-order valence-electron chi connectivity index (χ4n) is 0.984. The molecule has 1 aromatic carbocycles. The Hall–Kier alpha value is -1.38. The monoisotopic (exact) mass is 210 g/mol. The van der Waals surface area contributed by atoms with Crippen LogP contribution in [0.15, 0.2) is 23.1 Å². The highest BCUT2D eigenvalue weighted by molar-refractivity contribution is 7.79. The largest absolute Gasteiger partial charge is 0.768 e.